The number of hydrogen-bond donors (Lipinski definition) is 1. The van der Waals surface area contributed by atoms with Gasteiger partial charge in [0, 0.05) is 30.8 Å². The summed E-state index contributed by atoms with van der Waals surface area (Å²) in [5.74, 6) is 0. The molecule has 0 amide bonds. The molecule has 1 atom stereocenters. The fourth-order valence-corrected chi connectivity index (χ4v) is 3.08. The zero-order valence-corrected chi connectivity index (χ0v) is 12.5. The van der Waals surface area contributed by atoms with Gasteiger partial charge in [-0.1, -0.05) is 18.2 Å². The van der Waals surface area contributed by atoms with Crippen LogP contribution >= 0.6 is 0 Å². The highest BCUT2D eigenvalue weighted by Crippen LogP contribution is 2.16. The SMILES string of the molecule is CCO[C@H]1CCCN(Cc2cc3ccccc3[nH]c2=O)C1. The maximum absolute atomic E-state index is 12.2. The second kappa shape index (κ2) is 6.41. The van der Waals surface area contributed by atoms with Crippen LogP contribution in [0.2, 0.25) is 0 Å². The minimum Gasteiger partial charge on any atom is -0.377 e. The van der Waals surface area contributed by atoms with Gasteiger partial charge < -0.3 is 9.72 Å². The Labute approximate surface area is 124 Å². The Kier molecular flexibility index (Phi) is 4.36. The number of hydrogen-bond acceptors (Lipinski definition) is 3. The van der Waals surface area contributed by atoms with E-state index in [1.165, 1.54) is 0 Å². The number of H-pyrrole nitrogens is 1. The molecule has 112 valence electrons. The molecule has 4 nitrogen and oxygen atoms in total. The summed E-state index contributed by atoms with van der Waals surface area (Å²) < 4.78 is 5.72. The van der Waals surface area contributed by atoms with E-state index in [0.29, 0.717) is 12.6 Å². The zero-order chi connectivity index (χ0) is 14.7. The average Bonchev–Trinajstić information content (AvgIpc) is 2.49. The summed E-state index contributed by atoms with van der Waals surface area (Å²) in [5.41, 5.74) is 1.76. The van der Waals surface area contributed by atoms with Crippen molar-refractivity contribution in [1.82, 2.24) is 9.88 Å². The molecule has 0 bridgehead atoms. The van der Waals surface area contributed by atoms with Crippen LogP contribution < -0.4 is 5.56 Å². The van der Waals surface area contributed by atoms with Crippen molar-refractivity contribution >= 4 is 10.9 Å². The van der Waals surface area contributed by atoms with Crippen LogP contribution in [0.5, 0.6) is 0 Å². The summed E-state index contributed by atoms with van der Waals surface area (Å²) >= 11 is 0. The number of likely N-dealkylation sites (tertiary alicyclic amines) is 1. The van der Waals surface area contributed by atoms with E-state index in [4.69, 9.17) is 4.74 Å². The lowest BCUT2D eigenvalue weighted by Crippen LogP contribution is -2.40. The molecular weight excluding hydrogens is 264 g/mol. The Morgan fingerprint density at radius 2 is 2.24 bits per heavy atom. The minimum atomic E-state index is 0.0206. The summed E-state index contributed by atoms with van der Waals surface area (Å²) in [6.45, 7) is 5.45. The molecule has 0 unspecified atom stereocenters. The number of piperidine rings is 1. The predicted octanol–water partition coefficient (Wildman–Crippen LogP) is 2.53. The molecule has 3 rings (SSSR count). The normalized spacial score (nSPS) is 20.0. The number of rotatable bonds is 4. The van der Waals surface area contributed by atoms with Crippen LogP contribution in [-0.2, 0) is 11.3 Å². The number of pyridine rings is 1. The first kappa shape index (κ1) is 14.3. The van der Waals surface area contributed by atoms with Crippen LogP contribution in [0, 0.1) is 0 Å². The van der Waals surface area contributed by atoms with E-state index in [1.807, 2.05) is 37.3 Å². The number of aromatic nitrogens is 1. The fourth-order valence-electron chi connectivity index (χ4n) is 3.08. The van der Waals surface area contributed by atoms with Crippen LogP contribution in [-0.4, -0.2) is 35.7 Å². The standard InChI is InChI=1S/C17H22N2O2/c1-2-21-15-7-5-9-19(12-15)11-14-10-13-6-3-4-8-16(13)18-17(14)20/h3-4,6,8,10,15H,2,5,7,9,11-12H2,1H3,(H,18,20)/t15-/m0/s1. The van der Waals surface area contributed by atoms with E-state index >= 15 is 0 Å². The second-order valence-corrected chi connectivity index (χ2v) is 5.67. The molecule has 1 aromatic heterocycles. The quantitative estimate of drug-likeness (QED) is 0.939. The number of aromatic amines is 1. The van der Waals surface area contributed by atoms with Gasteiger partial charge in [0.2, 0.25) is 0 Å². The third-order valence-electron chi connectivity index (χ3n) is 4.09. The second-order valence-electron chi connectivity index (χ2n) is 5.67. The number of para-hydroxylation sites is 1. The molecule has 4 heteroatoms. The number of fused-ring (bicyclic) bond motifs is 1. The highest BCUT2D eigenvalue weighted by atomic mass is 16.5. The van der Waals surface area contributed by atoms with Gasteiger partial charge in [-0.3, -0.25) is 9.69 Å². The first-order valence-corrected chi connectivity index (χ1v) is 7.71. The topological polar surface area (TPSA) is 45.3 Å². The molecule has 2 aromatic rings. The highest BCUT2D eigenvalue weighted by Gasteiger charge is 2.20. The summed E-state index contributed by atoms with van der Waals surface area (Å²) in [6.07, 6.45) is 2.57. The fraction of sp³-hybridized carbons (Fsp3) is 0.471. The van der Waals surface area contributed by atoms with Crippen LogP contribution in [0.1, 0.15) is 25.3 Å². The molecule has 1 saturated heterocycles. The molecule has 1 aliphatic heterocycles. The molecule has 0 saturated carbocycles. The van der Waals surface area contributed by atoms with E-state index in [9.17, 15) is 4.79 Å². The minimum absolute atomic E-state index is 0.0206. The van der Waals surface area contributed by atoms with Crippen LogP contribution in [0.3, 0.4) is 0 Å². The third kappa shape index (κ3) is 3.34. The lowest BCUT2D eigenvalue weighted by Gasteiger charge is -2.32. The molecule has 21 heavy (non-hydrogen) atoms. The van der Waals surface area contributed by atoms with Gasteiger partial charge in [-0.15, -0.1) is 0 Å². The molecule has 1 N–H and O–H groups in total. The predicted molar refractivity (Wildman–Crippen MR) is 84.5 cm³/mol. The van der Waals surface area contributed by atoms with E-state index in [2.05, 4.69) is 9.88 Å². The number of benzene rings is 1. The van der Waals surface area contributed by atoms with Crippen molar-refractivity contribution in [2.75, 3.05) is 19.7 Å². The van der Waals surface area contributed by atoms with Crippen molar-refractivity contribution in [1.29, 1.82) is 0 Å². The number of nitrogens with zero attached hydrogens (tertiary/aromatic N) is 1. The van der Waals surface area contributed by atoms with E-state index in [0.717, 1.165) is 49.0 Å². The lowest BCUT2D eigenvalue weighted by atomic mass is 10.1. The highest BCUT2D eigenvalue weighted by molar-refractivity contribution is 5.78. The van der Waals surface area contributed by atoms with Crippen molar-refractivity contribution in [2.24, 2.45) is 0 Å². The smallest absolute Gasteiger partial charge is 0.252 e. The summed E-state index contributed by atoms with van der Waals surface area (Å²) in [5, 5.41) is 1.09. The number of nitrogens with one attached hydrogen (secondary N) is 1. The Bertz CT molecular complexity index is 663. The van der Waals surface area contributed by atoms with Gasteiger partial charge in [0.15, 0.2) is 0 Å². The van der Waals surface area contributed by atoms with Crippen LogP contribution in [0.4, 0.5) is 0 Å². The molecule has 1 aromatic carbocycles. The summed E-state index contributed by atoms with van der Waals surface area (Å²) in [6, 6.07) is 9.92. The molecule has 1 fully saturated rings. The molecule has 0 aliphatic carbocycles. The summed E-state index contributed by atoms with van der Waals surface area (Å²) in [4.78, 5) is 17.5. The van der Waals surface area contributed by atoms with Crippen molar-refractivity contribution in [3.05, 3.63) is 46.2 Å². The summed E-state index contributed by atoms with van der Waals surface area (Å²) in [7, 11) is 0. The molecule has 0 spiro atoms. The monoisotopic (exact) mass is 286 g/mol. The maximum atomic E-state index is 12.2. The van der Waals surface area contributed by atoms with E-state index < -0.39 is 0 Å². The van der Waals surface area contributed by atoms with Gasteiger partial charge >= 0.3 is 0 Å². The van der Waals surface area contributed by atoms with Crippen molar-refractivity contribution < 1.29 is 4.74 Å². The first-order chi connectivity index (χ1) is 10.3. The van der Waals surface area contributed by atoms with Gasteiger partial charge in [0.1, 0.15) is 0 Å². The van der Waals surface area contributed by atoms with Crippen molar-refractivity contribution in [3.63, 3.8) is 0 Å². The third-order valence-corrected chi connectivity index (χ3v) is 4.09. The van der Waals surface area contributed by atoms with Crippen LogP contribution in [0.15, 0.2) is 35.1 Å². The van der Waals surface area contributed by atoms with E-state index in [-0.39, 0.29) is 5.56 Å². The average molecular weight is 286 g/mol. The molecule has 2 heterocycles. The maximum Gasteiger partial charge on any atom is 0.252 e. The Morgan fingerprint density at radius 1 is 1.38 bits per heavy atom. The van der Waals surface area contributed by atoms with Crippen LogP contribution in [0.25, 0.3) is 10.9 Å². The molecule has 0 radical (unpaired) electrons. The van der Waals surface area contributed by atoms with Gasteiger partial charge in [-0.05, 0) is 43.8 Å². The largest absolute Gasteiger partial charge is 0.377 e. The van der Waals surface area contributed by atoms with Crippen molar-refractivity contribution in [2.45, 2.75) is 32.4 Å². The van der Waals surface area contributed by atoms with E-state index in [1.54, 1.807) is 0 Å². The Hall–Kier alpha value is -1.65. The zero-order valence-electron chi connectivity index (χ0n) is 12.5. The Balaban J connectivity index is 1.78. The van der Waals surface area contributed by atoms with Gasteiger partial charge in [0.05, 0.1) is 6.10 Å². The van der Waals surface area contributed by atoms with Gasteiger partial charge in [0.25, 0.3) is 5.56 Å². The number of ether oxygens (including phenoxy) is 1. The molecular formula is C17H22N2O2. The van der Waals surface area contributed by atoms with Crippen molar-refractivity contribution in [3.8, 4) is 0 Å². The lowest BCUT2D eigenvalue weighted by molar-refractivity contribution is 0.00354. The Morgan fingerprint density at radius 3 is 3.10 bits per heavy atom. The molecule has 1 aliphatic rings. The van der Waals surface area contributed by atoms with Gasteiger partial charge in [-0.25, -0.2) is 0 Å². The van der Waals surface area contributed by atoms with Gasteiger partial charge in [-0.2, -0.15) is 0 Å². The first-order valence-electron chi connectivity index (χ1n) is 7.71.